The summed E-state index contributed by atoms with van der Waals surface area (Å²) in [6.45, 7) is 4.59. The molecule has 2 aliphatic rings. The quantitative estimate of drug-likeness (QED) is 0.245. The van der Waals surface area contributed by atoms with E-state index in [4.69, 9.17) is 20.6 Å². The Hall–Kier alpha value is -3.59. The molecule has 0 radical (unpaired) electrons. The highest BCUT2D eigenvalue weighted by molar-refractivity contribution is 6.10. The number of esters is 1. The van der Waals surface area contributed by atoms with Gasteiger partial charge >= 0.3 is 12.0 Å². The average Bonchev–Trinajstić information content (AvgIpc) is 3.12. The lowest BCUT2D eigenvalue weighted by molar-refractivity contribution is -0.159. The Morgan fingerprint density at radius 1 is 1.03 bits per heavy atom. The second kappa shape index (κ2) is 11.9. The van der Waals surface area contributed by atoms with Gasteiger partial charge in [-0.3, -0.25) is 19.9 Å². The monoisotopic (exact) mass is 542 g/mol. The number of benzene rings is 2. The van der Waals surface area contributed by atoms with Crippen LogP contribution in [0.4, 0.5) is 4.79 Å². The molecule has 204 valence electrons. The molecular formula is C28H35ClN4O5. The molecule has 3 N–H and O–H groups in total. The normalized spacial score (nSPS) is 23.0. The Bertz CT molecular complexity index is 1180. The number of rotatable bonds is 6. The Morgan fingerprint density at radius 3 is 2.11 bits per heavy atom. The molecule has 3 amide bonds. The van der Waals surface area contributed by atoms with Gasteiger partial charge in [0.2, 0.25) is 5.91 Å². The van der Waals surface area contributed by atoms with E-state index in [1.165, 1.54) is 12.0 Å². The zero-order valence-electron chi connectivity index (χ0n) is 21.9. The second-order valence-electron chi connectivity index (χ2n) is 9.88. The molecule has 0 aromatic heterocycles. The number of amidine groups is 1. The maximum absolute atomic E-state index is 13.5. The lowest BCUT2D eigenvalue weighted by Gasteiger charge is -2.33. The van der Waals surface area contributed by atoms with Gasteiger partial charge in [0.25, 0.3) is 0 Å². The van der Waals surface area contributed by atoms with E-state index in [1.807, 2.05) is 36.4 Å². The predicted molar refractivity (Wildman–Crippen MR) is 146 cm³/mol. The summed E-state index contributed by atoms with van der Waals surface area (Å²) in [7, 11) is 1.25. The van der Waals surface area contributed by atoms with Crippen molar-refractivity contribution >= 4 is 36.2 Å². The van der Waals surface area contributed by atoms with Crippen molar-refractivity contribution in [2.75, 3.05) is 26.8 Å². The number of ether oxygens (including phenoxy) is 2. The number of hydrogen-bond acceptors (Lipinski definition) is 6. The topological polar surface area (TPSA) is 126 Å². The molecule has 9 nitrogen and oxygen atoms in total. The predicted octanol–water partition coefficient (Wildman–Crippen LogP) is 4.07. The van der Waals surface area contributed by atoms with Crippen LogP contribution in [0.5, 0.6) is 5.75 Å². The number of carbonyl (C=O) groups is 3. The van der Waals surface area contributed by atoms with Crippen molar-refractivity contribution in [3.8, 4) is 16.9 Å². The summed E-state index contributed by atoms with van der Waals surface area (Å²) >= 11 is 0. The smallest absolute Gasteiger partial charge is 0.327 e. The van der Waals surface area contributed by atoms with Crippen LogP contribution >= 0.6 is 12.4 Å². The summed E-state index contributed by atoms with van der Waals surface area (Å²) in [6, 6.07) is 13.9. The first-order valence-electron chi connectivity index (χ1n) is 12.6. The summed E-state index contributed by atoms with van der Waals surface area (Å²) in [4.78, 5) is 42.6. The number of nitrogens with one attached hydrogen (secondary N) is 1. The van der Waals surface area contributed by atoms with Crippen molar-refractivity contribution in [1.82, 2.24) is 9.80 Å². The molecule has 0 spiro atoms. The molecule has 1 unspecified atom stereocenters. The van der Waals surface area contributed by atoms with Crippen molar-refractivity contribution in [3.05, 3.63) is 54.1 Å². The first-order chi connectivity index (χ1) is 17.7. The van der Waals surface area contributed by atoms with Crippen molar-refractivity contribution in [3.63, 3.8) is 0 Å². The van der Waals surface area contributed by atoms with Gasteiger partial charge in [0.1, 0.15) is 23.6 Å². The van der Waals surface area contributed by atoms with Gasteiger partial charge in [0.05, 0.1) is 13.2 Å². The lowest BCUT2D eigenvalue weighted by atomic mass is 9.78. The zero-order chi connectivity index (χ0) is 26.7. The fraction of sp³-hybridized carbons (Fsp3) is 0.429. The van der Waals surface area contributed by atoms with Crippen LogP contribution in [0.3, 0.4) is 0 Å². The summed E-state index contributed by atoms with van der Waals surface area (Å²) < 4.78 is 11.0. The molecule has 10 heteroatoms. The van der Waals surface area contributed by atoms with Crippen LogP contribution in [0.25, 0.3) is 11.1 Å². The SMILES string of the molecule is COC(=O)[C@]1(C)C(=O)N(C(=O)N2CCCCC2)[C@H](COc2ccc(-c3ccc(C(=N)N)cc3)cc2)C1C.Cl. The summed E-state index contributed by atoms with van der Waals surface area (Å²) in [6.07, 6.45) is 2.84. The van der Waals surface area contributed by atoms with E-state index in [2.05, 4.69) is 0 Å². The van der Waals surface area contributed by atoms with E-state index in [0.29, 0.717) is 24.4 Å². The van der Waals surface area contributed by atoms with Gasteiger partial charge < -0.3 is 20.1 Å². The van der Waals surface area contributed by atoms with Crippen LogP contribution in [-0.4, -0.2) is 66.4 Å². The number of nitrogen functional groups attached to an aromatic ring is 1. The third-order valence-corrected chi connectivity index (χ3v) is 7.73. The van der Waals surface area contributed by atoms with Crippen LogP contribution in [0.15, 0.2) is 48.5 Å². The van der Waals surface area contributed by atoms with Gasteiger partial charge in [-0.2, -0.15) is 0 Å². The molecular weight excluding hydrogens is 508 g/mol. The van der Waals surface area contributed by atoms with Gasteiger partial charge in [-0.25, -0.2) is 4.79 Å². The zero-order valence-corrected chi connectivity index (χ0v) is 22.8. The number of nitrogens with zero attached hydrogens (tertiary/aromatic N) is 2. The standard InChI is InChI=1S/C28H34N4O5.ClH/c1-18-23(17-37-22-13-11-20(12-14-22)19-7-9-21(10-8-19)24(29)30)32(25(33)28(18,2)26(34)36-3)27(35)31-15-5-4-6-16-31;/h7-14,18,23H,4-6,15-17H2,1-3H3,(H3,29,30);1H/t18?,23-,28+;/m1./s1. The van der Waals surface area contributed by atoms with E-state index < -0.39 is 29.3 Å². The van der Waals surface area contributed by atoms with Gasteiger partial charge in [-0.05, 0) is 49.4 Å². The number of nitrogens with two attached hydrogens (primary N) is 1. The molecule has 0 saturated carbocycles. The van der Waals surface area contributed by atoms with Crippen LogP contribution < -0.4 is 10.5 Å². The van der Waals surface area contributed by atoms with Crippen molar-refractivity contribution in [1.29, 1.82) is 5.41 Å². The van der Waals surface area contributed by atoms with Gasteiger partial charge in [-0.1, -0.05) is 43.3 Å². The Kier molecular flexibility index (Phi) is 9.04. The van der Waals surface area contributed by atoms with E-state index in [0.717, 1.165) is 30.4 Å². The molecule has 4 rings (SSSR count). The summed E-state index contributed by atoms with van der Waals surface area (Å²) in [5.41, 5.74) is 6.66. The van der Waals surface area contributed by atoms with E-state index >= 15 is 0 Å². The number of piperidine rings is 1. The minimum atomic E-state index is -1.47. The fourth-order valence-electron chi connectivity index (χ4n) is 5.14. The van der Waals surface area contributed by atoms with Crippen LogP contribution in [0, 0.1) is 16.7 Å². The molecule has 38 heavy (non-hydrogen) atoms. The van der Waals surface area contributed by atoms with Gasteiger partial charge in [0, 0.05) is 24.6 Å². The van der Waals surface area contributed by atoms with E-state index in [9.17, 15) is 14.4 Å². The summed E-state index contributed by atoms with van der Waals surface area (Å²) in [5, 5.41) is 7.53. The van der Waals surface area contributed by atoms with Crippen LogP contribution in [0.2, 0.25) is 0 Å². The van der Waals surface area contributed by atoms with Crippen molar-refractivity contribution in [2.24, 2.45) is 17.1 Å². The highest BCUT2D eigenvalue weighted by Crippen LogP contribution is 2.43. The number of hydrogen-bond donors (Lipinski definition) is 2. The molecule has 3 atom stereocenters. The summed E-state index contributed by atoms with van der Waals surface area (Å²) in [5.74, 6) is -1.09. The molecule has 2 aromatic carbocycles. The minimum absolute atomic E-state index is 0. The molecule has 2 aromatic rings. The highest BCUT2D eigenvalue weighted by Gasteiger charge is 2.62. The van der Waals surface area contributed by atoms with Crippen LogP contribution in [0.1, 0.15) is 38.7 Å². The fourth-order valence-corrected chi connectivity index (χ4v) is 5.14. The van der Waals surface area contributed by atoms with Crippen molar-refractivity contribution in [2.45, 2.75) is 39.2 Å². The first-order valence-corrected chi connectivity index (χ1v) is 12.6. The first kappa shape index (κ1) is 29.0. The number of methoxy groups -OCH3 is 1. The second-order valence-corrected chi connectivity index (χ2v) is 9.88. The number of halogens is 1. The largest absolute Gasteiger partial charge is 0.491 e. The highest BCUT2D eigenvalue weighted by atomic mass is 35.5. The Morgan fingerprint density at radius 2 is 1.58 bits per heavy atom. The molecule has 2 fully saturated rings. The van der Waals surface area contributed by atoms with E-state index in [-0.39, 0.29) is 30.9 Å². The van der Waals surface area contributed by atoms with E-state index in [1.54, 1.807) is 30.9 Å². The number of imide groups is 1. The van der Waals surface area contributed by atoms with Gasteiger partial charge in [0.15, 0.2) is 0 Å². The molecule has 2 saturated heterocycles. The maximum Gasteiger partial charge on any atom is 0.327 e. The van der Waals surface area contributed by atoms with Crippen molar-refractivity contribution < 1.29 is 23.9 Å². The molecule has 0 aliphatic carbocycles. The number of amides is 3. The number of likely N-dealkylation sites (tertiary alicyclic amines) is 2. The lowest BCUT2D eigenvalue weighted by Crippen LogP contribution is -2.52. The molecule has 2 heterocycles. The Labute approximate surface area is 229 Å². The third-order valence-electron chi connectivity index (χ3n) is 7.73. The molecule has 2 aliphatic heterocycles. The number of carbonyl (C=O) groups excluding carboxylic acids is 3. The maximum atomic E-state index is 13.5. The average molecular weight is 543 g/mol. The Balaban J connectivity index is 0.00000400. The van der Waals surface area contributed by atoms with Crippen LogP contribution in [-0.2, 0) is 14.3 Å². The molecule has 0 bridgehead atoms. The third kappa shape index (κ3) is 5.34. The number of urea groups is 1. The minimum Gasteiger partial charge on any atom is -0.491 e. The van der Waals surface area contributed by atoms with Gasteiger partial charge in [-0.15, -0.1) is 12.4 Å².